The molecule has 0 amide bonds. The van der Waals surface area contributed by atoms with Crippen LogP contribution < -0.4 is 0 Å². The van der Waals surface area contributed by atoms with E-state index in [4.69, 9.17) is 0 Å². The Morgan fingerprint density at radius 2 is 1.70 bits per heavy atom. The van der Waals surface area contributed by atoms with E-state index >= 15 is 0 Å². The Hall–Kier alpha value is -1.29. The van der Waals surface area contributed by atoms with Crippen LogP contribution in [0.1, 0.15) is 37.7 Å². The van der Waals surface area contributed by atoms with E-state index in [0.29, 0.717) is 10.8 Å². The number of nitrogens with zero attached hydrogens (tertiary/aromatic N) is 1. The van der Waals surface area contributed by atoms with Gasteiger partial charge in [0.05, 0.1) is 4.90 Å². The molecule has 0 atom stereocenters. The van der Waals surface area contributed by atoms with Crippen LogP contribution in [0, 0.1) is 12.8 Å². The van der Waals surface area contributed by atoms with Crippen LogP contribution in [-0.2, 0) is 10.0 Å². The van der Waals surface area contributed by atoms with Gasteiger partial charge in [-0.1, -0.05) is 43.0 Å². The molecule has 1 aliphatic rings. The van der Waals surface area contributed by atoms with Gasteiger partial charge in [0.25, 0.3) is 10.0 Å². The highest BCUT2D eigenvalue weighted by atomic mass is 32.2. The first kappa shape index (κ1) is 15.1. The highest BCUT2D eigenvalue weighted by Crippen LogP contribution is 2.25. The summed E-state index contributed by atoms with van der Waals surface area (Å²) in [4.78, 5) is 0.346. The van der Waals surface area contributed by atoms with Gasteiger partial charge < -0.3 is 0 Å². The van der Waals surface area contributed by atoms with Crippen LogP contribution >= 0.6 is 0 Å². The molecule has 1 aliphatic carbocycles. The third kappa shape index (κ3) is 3.63. The lowest BCUT2D eigenvalue weighted by Crippen LogP contribution is -2.22. The summed E-state index contributed by atoms with van der Waals surface area (Å²) in [5.41, 5.74) is 1.06. The molecule has 0 aromatic heterocycles. The van der Waals surface area contributed by atoms with Gasteiger partial charge in [-0.15, -0.1) is 0 Å². The molecule has 3 nitrogen and oxygen atoms in total. The van der Waals surface area contributed by atoms with E-state index in [0.717, 1.165) is 5.56 Å². The molecule has 0 N–H and O–H groups in total. The second-order valence-corrected chi connectivity index (χ2v) is 7.57. The monoisotopic (exact) mass is 293 g/mol. The molecule has 0 saturated heterocycles. The Morgan fingerprint density at radius 1 is 1.10 bits per heavy atom. The van der Waals surface area contributed by atoms with Crippen LogP contribution in [0.25, 0.3) is 0 Å². The van der Waals surface area contributed by atoms with Crippen molar-refractivity contribution in [3.8, 4) is 0 Å². The lowest BCUT2D eigenvalue weighted by molar-refractivity contribution is 0.416. The van der Waals surface area contributed by atoms with E-state index in [1.807, 2.05) is 25.1 Å². The molecule has 4 heteroatoms. The van der Waals surface area contributed by atoms with E-state index < -0.39 is 10.0 Å². The van der Waals surface area contributed by atoms with E-state index in [1.165, 1.54) is 36.4 Å². The molecule has 1 aromatic rings. The molecule has 1 saturated carbocycles. The first-order valence-electron chi connectivity index (χ1n) is 7.23. The molecular formula is C16H23NO2S. The Morgan fingerprint density at radius 3 is 2.30 bits per heavy atom. The van der Waals surface area contributed by atoms with Crippen LogP contribution in [0.4, 0.5) is 0 Å². The fourth-order valence-electron chi connectivity index (χ4n) is 2.53. The average molecular weight is 293 g/mol. The fraction of sp³-hybridized carbons (Fsp3) is 0.500. The van der Waals surface area contributed by atoms with E-state index in [2.05, 4.69) is 0 Å². The predicted molar refractivity (Wildman–Crippen MR) is 81.8 cm³/mol. The minimum atomic E-state index is -3.41. The van der Waals surface area contributed by atoms with Crippen molar-refractivity contribution in [2.45, 2.75) is 43.9 Å². The van der Waals surface area contributed by atoms with E-state index in [1.54, 1.807) is 25.4 Å². The molecule has 20 heavy (non-hydrogen) atoms. The summed E-state index contributed by atoms with van der Waals surface area (Å²) in [5.74, 6) is 0.527. The molecule has 0 spiro atoms. The number of sulfonamides is 1. The summed E-state index contributed by atoms with van der Waals surface area (Å²) < 4.78 is 26.1. The number of rotatable bonds is 4. The van der Waals surface area contributed by atoms with Gasteiger partial charge in [-0.2, -0.15) is 0 Å². The largest absolute Gasteiger partial charge is 0.277 e. The maximum Gasteiger partial charge on any atom is 0.263 e. The number of allylic oxidation sites excluding steroid dienone is 1. The molecule has 2 rings (SSSR count). The van der Waals surface area contributed by atoms with E-state index in [-0.39, 0.29) is 0 Å². The maximum atomic E-state index is 12.4. The number of aryl methyl sites for hydroxylation is 1. The third-order valence-corrected chi connectivity index (χ3v) is 5.66. The lowest BCUT2D eigenvalue weighted by Gasteiger charge is -2.20. The van der Waals surface area contributed by atoms with Crippen molar-refractivity contribution in [1.82, 2.24) is 4.31 Å². The highest BCUT2D eigenvalue weighted by Gasteiger charge is 2.18. The zero-order valence-corrected chi connectivity index (χ0v) is 13.1. The smallest absolute Gasteiger partial charge is 0.263 e. The summed E-state index contributed by atoms with van der Waals surface area (Å²) in [6.07, 6.45) is 9.93. The number of hydrogen-bond donors (Lipinski definition) is 0. The van der Waals surface area contributed by atoms with Crippen molar-refractivity contribution in [2.24, 2.45) is 5.92 Å². The van der Waals surface area contributed by atoms with Crippen molar-refractivity contribution < 1.29 is 8.42 Å². The zero-order valence-electron chi connectivity index (χ0n) is 12.2. The summed E-state index contributed by atoms with van der Waals surface area (Å²) in [6, 6.07) is 6.97. The van der Waals surface area contributed by atoms with Gasteiger partial charge >= 0.3 is 0 Å². The van der Waals surface area contributed by atoms with Crippen molar-refractivity contribution >= 4 is 10.0 Å². The molecule has 0 aliphatic heterocycles. The van der Waals surface area contributed by atoms with Crippen LogP contribution in [0.5, 0.6) is 0 Å². The molecule has 1 aromatic carbocycles. The van der Waals surface area contributed by atoms with Gasteiger partial charge in [-0.25, -0.2) is 8.42 Å². The first-order valence-corrected chi connectivity index (χ1v) is 8.67. The van der Waals surface area contributed by atoms with Crippen molar-refractivity contribution in [3.63, 3.8) is 0 Å². The minimum absolute atomic E-state index is 0.346. The standard InChI is InChI=1S/C16H23NO2S/c1-14-8-10-16(11-9-14)20(18,19)17(2)13-12-15-6-4-3-5-7-15/h8-13,15H,3-7H2,1-2H3/b13-12-. The molecule has 110 valence electrons. The summed E-state index contributed by atoms with van der Waals surface area (Å²) >= 11 is 0. The quantitative estimate of drug-likeness (QED) is 0.848. The van der Waals surface area contributed by atoms with Crippen LogP contribution in [-0.4, -0.2) is 19.8 Å². The van der Waals surface area contributed by atoms with E-state index in [9.17, 15) is 8.42 Å². The topological polar surface area (TPSA) is 37.4 Å². The van der Waals surface area contributed by atoms with Gasteiger partial charge in [0.15, 0.2) is 0 Å². The normalized spacial score (nSPS) is 17.5. The summed E-state index contributed by atoms with van der Waals surface area (Å²) in [5, 5.41) is 0. The predicted octanol–water partition coefficient (Wildman–Crippen LogP) is 3.71. The van der Waals surface area contributed by atoms with Gasteiger partial charge in [0, 0.05) is 13.2 Å². The Balaban J connectivity index is 2.08. The van der Waals surface area contributed by atoms with Crippen LogP contribution in [0.2, 0.25) is 0 Å². The fourth-order valence-corrected chi connectivity index (χ4v) is 3.57. The van der Waals surface area contributed by atoms with Gasteiger partial charge in [-0.3, -0.25) is 4.31 Å². The zero-order chi connectivity index (χ0) is 14.6. The second-order valence-electron chi connectivity index (χ2n) is 5.57. The molecule has 0 heterocycles. The SMILES string of the molecule is Cc1ccc(S(=O)(=O)N(C)/C=C\C2CCCCC2)cc1. The first-order chi connectivity index (χ1) is 9.50. The van der Waals surface area contributed by atoms with Crippen LogP contribution in [0.3, 0.4) is 0 Å². The minimum Gasteiger partial charge on any atom is -0.277 e. The van der Waals surface area contributed by atoms with Gasteiger partial charge in [-0.05, 0) is 37.8 Å². The maximum absolute atomic E-state index is 12.4. The number of hydrogen-bond acceptors (Lipinski definition) is 2. The van der Waals surface area contributed by atoms with Crippen molar-refractivity contribution in [1.29, 1.82) is 0 Å². The Labute approximate surface area is 122 Å². The molecule has 0 radical (unpaired) electrons. The average Bonchev–Trinajstić information content (AvgIpc) is 2.46. The number of benzene rings is 1. The van der Waals surface area contributed by atoms with Gasteiger partial charge in [0.1, 0.15) is 0 Å². The van der Waals surface area contributed by atoms with Crippen LogP contribution in [0.15, 0.2) is 41.4 Å². The highest BCUT2D eigenvalue weighted by molar-refractivity contribution is 7.89. The second kappa shape index (κ2) is 6.44. The Bertz CT molecular complexity index is 555. The molecule has 0 unspecified atom stereocenters. The van der Waals surface area contributed by atoms with Gasteiger partial charge in [0.2, 0.25) is 0 Å². The molecule has 0 bridgehead atoms. The Kier molecular flexibility index (Phi) is 4.86. The third-order valence-electron chi connectivity index (χ3n) is 3.92. The summed E-state index contributed by atoms with van der Waals surface area (Å²) in [7, 11) is -1.80. The van der Waals surface area contributed by atoms with Crippen molar-refractivity contribution in [3.05, 3.63) is 42.1 Å². The molecule has 1 fully saturated rings. The molecular weight excluding hydrogens is 270 g/mol. The lowest BCUT2D eigenvalue weighted by atomic mass is 9.89. The van der Waals surface area contributed by atoms with Crippen molar-refractivity contribution in [2.75, 3.05) is 7.05 Å². The summed E-state index contributed by atoms with van der Waals surface area (Å²) in [6.45, 7) is 1.95.